The number of anilines is 1. The second kappa shape index (κ2) is 5.08. The molecule has 0 bridgehead atoms. The number of aryl methyl sites for hydroxylation is 2. The van der Waals surface area contributed by atoms with Crippen molar-refractivity contribution in [3.63, 3.8) is 0 Å². The minimum absolute atomic E-state index is 0.900. The van der Waals surface area contributed by atoms with Crippen LogP contribution >= 0.6 is 12.6 Å². The van der Waals surface area contributed by atoms with E-state index < -0.39 is 0 Å². The zero-order chi connectivity index (χ0) is 11.4. The minimum atomic E-state index is 0.900. The van der Waals surface area contributed by atoms with Gasteiger partial charge in [0.2, 0.25) is 0 Å². The van der Waals surface area contributed by atoms with Crippen molar-refractivity contribution in [1.29, 1.82) is 0 Å². The largest absolute Gasteiger partial charge is 0.398 e. The summed E-state index contributed by atoms with van der Waals surface area (Å²) in [6.07, 6.45) is 1.69. The van der Waals surface area contributed by atoms with E-state index in [9.17, 15) is 0 Å². The van der Waals surface area contributed by atoms with Crippen LogP contribution in [0.3, 0.4) is 0 Å². The molecule has 2 aromatic carbocycles. The Kier molecular flexibility index (Phi) is 4.04. The van der Waals surface area contributed by atoms with Crippen LogP contribution < -0.4 is 5.73 Å². The number of hydrogen-bond donors (Lipinski definition) is 2. The molecular weight excluding hydrogens is 202 g/mol. The lowest BCUT2D eigenvalue weighted by Gasteiger charge is -2.05. The Hall–Kier alpha value is -1.15. The van der Waals surface area contributed by atoms with Gasteiger partial charge in [-0.3, -0.25) is 0 Å². The van der Waals surface area contributed by atoms with Gasteiger partial charge in [-0.05, 0) is 31.1 Å². The molecule has 0 saturated carbocycles. The summed E-state index contributed by atoms with van der Waals surface area (Å²) in [6, 6.07) is 10.5. The topological polar surface area (TPSA) is 26.0 Å². The van der Waals surface area contributed by atoms with Gasteiger partial charge >= 0.3 is 0 Å². The first-order chi connectivity index (χ1) is 7.18. The Morgan fingerprint density at radius 3 is 2.33 bits per heavy atom. The second-order valence-electron chi connectivity index (χ2n) is 3.52. The predicted octanol–water partition coefficient (Wildman–Crippen LogP) is 3.58. The highest BCUT2D eigenvalue weighted by atomic mass is 32.1. The molecule has 80 valence electrons. The standard InChI is InChI=1S/C12H13N.CH4S/c1-8-3-6-11-10(7-8)5-4-9(2)12(11)13;1-2/h3-7H,13H2,1-2H3;2H,1H3. The third kappa shape index (κ3) is 2.45. The average Bonchev–Trinajstić information content (AvgIpc) is 2.26. The highest BCUT2D eigenvalue weighted by molar-refractivity contribution is 7.79. The highest BCUT2D eigenvalue weighted by Crippen LogP contribution is 2.24. The van der Waals surface area contributed by atoms with Crippen molar-refractivity contribution in [3.8, 4) is 0 Å². The van der Waals surface area contributed by atoms with Gasteiger partial charge in [0.25, 0.3) is 0 Å². The van der Waals surface area contributed by atoms with Crippen molar-refractivity contribution < 1.29 is 0 Å². The molecule has 2 rings (SSSR count). The highest BCUT2D eigenvalue weighted by Gasteiger charge is 1.99. The van der Waals surface area contributed by atoms with E-state index in [2.05, 4.69) is 49.9 Å². The van der Waals surface area contributed by atoms with Gasteiger partial charge in [0.15, 0.2) is 0 Å². The zero-order valence-corrected chi connectivity index (χ0v) is 10.3. The van der Waals surface area contributed by atoms with Crippen LogP contribution in [0.15, 0.2) is 30.3 Å². The van der Waals surface area contributed by atoms with Crippen LogP contribution in [0.2, 0.25) is 0 Å². The first-order valence-corrected chi connectivity index (χ1v) is 5.78. The summed E-state index contributed by atoms with van der Waals surface area (Å²) < 4.78 is 0. The molecule has 2 heteroatoms. The molecule has 0 fully saturated rings. The van der Waals surface area contributed by atoms with Gasteiger partial charge in [0.05, 0.1) is 0 Å². The lowest BCUT2D eigenvalue weighted by Crippen LogP contribution is -1.90. The fourth-order valence-corrected chi connectivity index (χ4v) is 1.58. The van der Waals surface area contributed by atoms with E-state index in [1.165, 1.54) is 10.9 Å². The molecule has 0 unspecified atom stereocenters. The number of hydrogen-bond acceptors (Lipinski definition) is 2. The van der Waals surface area contributed by atoms with Crippen molar-refractivity contribution in [3.05, 3.63) is 41.5 Å². The van der Waals surface area contributed by atoms with Crippen molar-refractivity contribution in [2.75, 3.05) is 12.0 Å². The Bertz CT molecular complexity index is 463. The molecule has 1 nitrogen and oxygen atoms in total. The number of thiol groups is 1. The molecule has 0 aliphatic carbocycles. The van der Waals surface area contributed by atoms with E-state index >= 15 is 0 Å². The fourth-order valence-electron chi connectivity index (χ4n) is 1.58. The number of rotatable bonds is 0. The normalized spacial score (nSPS) is 9.60. The van der Waals surface area contributed by atoms with Gasteiger partial charge in [-0.15, -0.1) is 0 Å². The summed E-state index contributed by atoms with van der Waals surface area (Å²) in [4.78, 5) is 0. The maximum Gasteiger partial charge on any atom is 0.0423 e. The molecule has 2 aromatic rings. The Labute approximate surface area is 96.7 Å². The van der Waals surface area contributed by atoms with Gasteiger partial charge < -0.3 is 5.73 Å². The van der Waals surface area contributed by atoms with E-state index in [4.69, 9.17) is 5.73 Å². The SMILES string of the molecule is CS.Cc1ccc2c(N)c(C)ccc2c1. The quantitative estimate of drug-likeness (QED) is 0.514. The predicted molar refractivity (Wildman–Crippen MR) is 72.7 cm³/mol. The summed E-state index contributed by atoms with van der Waals surface area (Å²) in [5, 5.41) is 2.38. The van der Waals surface area contributed by atoms with Gasteiger partial charge in [0.1, 0.15) is 0 Å². The van der Waals surface area contributed by atoms with Gasteiger partial charge in [-0.2, -0.15) is 12.6 Å². The molecule has 0 aliphatic heterocycles. The van der Waals surface area contributed by atoms with E-state index in [0.29, 0.717) is 0 Å². The lowest BCUT2D eigenvalue weighted by atomic mass is 10.0. The Morgan fingerprint density at radius 1 is 1.00 bits per heavy atom. The van der Waals surface area contributed by atoms with Crippen molar-refractivity contribution in [2.45, 2.75) is 13.8 Å². The van der Waals surface area contributed by atoms with Crippen molar-refractivity contribution >= 4 is 29.1 Å². The molecule has 0 atom stereocenters. The van der Waals surface area contributed by atoms with Gasteiger partial charge in [0, 0.05) is 11.1 Å². The molecule has 0 saturated heterocycles. The van der Waals surface area contributed by atoms with Crippen LogP contribution in [0.4, 0.5) is 5.69 Å². The molecule has 0 heterocycles. The third-order valence-corrected chi connectivity index (χ3v) is 2.43. The first kappa shape index (κ1) is 11.9. The molecule has 0 aliphatic rings. The summed E-state index contributed by atoms with van der Waals surface area (Å²) >= 11 is 3.53. The van der Waals surface area contributed by atoms with Crippen LogP contribution in [-0.2, 0) is 0 Å². The van der Waals surface area contributed by atoms with Crippen LogP contribution in [0, 0.1) is 13.8 Å². The second-order valence-corrected chi connectivity index (χ2v) is 3.52. The number of fused-ring (bicyclic) bond motifs is 1. The van der Waals surface area contributed by atoms with Crippen LogP contribution in [0.25, 0.3) is 10.8 Å². The minimum Gasteiger partial charge on any atom is -0.398 e. The number of nitrogen functional groups attached to an aromatic ring is 1. The lowest BCUT2D eigenvalue weighted by molar-refractivity contribution is 1.47. The van der Waals surface area contributed by atoms with E-state index in [1.54, 1.807) is 6.26 Å². The molecule has 0 radical (unpaired) electrons. The summed E-state index contributed by atoms with van der Waals surface area (Å²) in [7, 11) is 0. The smallest absolute Gasteiger partial charge is 0.0423 e. The Balaban J connectivity index is 0.000000531. The molecule has 2 N–H and O–H groups in total. The zero-order valence-electron chi connectivity index (χ0n) is 9.41. The number of benzene rings is 2. The molecule has 0 aromatic heterocycles. The average molecular weight is 219 g/mol. The molecule has 15 heavy (non-hydrogen) atoms. The monoisotopic (exact) mass is 219 g/mol. The van der Waals surface area contributed by atoms with E-state index in [-0.39, 0.29) is 0 Å². The molecule has 0 spiro atoms. The van der Waals surface area contributed by atoms with Gasteiger partial charge in [-0.1, -0.05) is 35.9 Å². The van der Waals surface area contributed by atoms with Crippen LogP contribution in [-0.4, -0.2) is 6.26 Å². The van der Waals surface area contributed by atoms with Gasteiger partial charge in [-0.25, -0.2) is 0 Å². The van der Waals surface area contributed by atoms with E-state index in [0.717, 1.165) is 16.6 Å². The van der Waals surface area contributed by atoms with Crippen molar-refractivity contribution in [2.24, 2.45) is 0 Å². The fraction of sp³-hybridized carbons (Fsp3) is 0.231. The maximum absolute atomic E-state index is 5.97. The third-order valence-electron chi connectivity index (χ3n) is 2.43. The van der Waals surface area contributed by atoms with E-state index in [1.807, 2.05) is 6.92 Å². The van der Waals surface area contributed by atoms with Crippen LogP contribution in [0.1, 0.15) is 11.1 Å². The van der Waals surface area contributed by atoms with Crippen LogP contribution in [0.5, 0.6) is 0 Å². The summed E-state index contributed by atoms with van der Waals surface area (Å²) in [6.45, 7) is 4.13. The Morgan fingerprint density at radius 2 is 1.67 bits per heavy atom. The first-order valence-electron chi connectivity index (χ1n) is 4.88. The summed E-state index contributed by atoms with van der Waals surface area (Å²) in [5.41, 5.74) is 9.29. The maximum atomic E-state index is 5.97. The van der Waals surface area contributed by atoms with Crippen molar-refractivity contribution in [1.82, 2.24) is 0 Å². The molecule has 0 amide bonds. The number of nitrogens with two attached hydrogens (primary N) is 1. The summed E-state index contributed by atoms with van der Waals surface area (Å²) in [5.74, 6) is 0. The molecular formula is C13H17NS.